The number of nitrogens with zero attached hydrogens (tertiary/aromatic N) is 1. The van der Waals surface area contributed by atoms with Crippen molar-refractivity contribution in [1.29, 1.82) is 0 Å². The molecule has 6 nitrogen and oxygen atoms in total. The van der Waals surface area contributed by atoms with Crippen molar-refractivity contribution in [1.82, 2.24) is 15.5 Å². The maximum atomic E-state index is 14.4. The molecule has 1 saturated heterocycles. The third-order valence-corrected chi connectivity index (χ3v) is 4.71. The smallest absolute Gasteiger partial charge is 0.322 e. The van der Waals surface area contributed by atoms with Gasteiger partial charge in [-0.15, -0.1) is 0 Å². The molecular formula is C18H12F3N3O3. The van der Waals surface area contributed by atoms with Gasteiger partial charge >= 0.3 is 6.03 Å². The zero-order valence-corrected chi connectivity index (χ0v) is 13.7. The number of hydrogen-bond donors (Lipinski definition) is 2. The molecule has 0 bridgehead atoms. The summed E-state index contributed by atoms with van der Waals surface area (Å²) in [5, 5.41) is 4.37. The predicted octanol–water partition coefficient (Wildman–Crippen LogP) is 1.79. The summed E-state index contributed by atoms with van der Waals surface area (Å²) in [5.74, 6) is -3.90. The van der Waals surface area contributed by atoms with Crippen LogP contribution in [0.25, 0.3) is 0 Å². The summed E-state index contributed by atoms with van der Waals surface area (Å²) >= 11 is 0. The fourth-order valence-electron chi connectivity index (χ4n) is 3.46. The Morgan fingerprint density at radius 2 is 1.70 bits per heavy atom. The van der Waals surface area contributed by atoms with Gasteiger partial charge in [-0.2, -0.15) is 0 Å². The monoisotopic (exact) mass is 375 g/mol. The molecule has 9 heteroatoms. The van der Waals surface area contributed by atoms with Crippen LogP contribution in [0.15, 0.2) is 36.4 Å². The van der Waals surface area contributed by atoms with E-state index in [9.17, 15) is 27.6 Å². The van der Waals surface area contributed by atoms with E-state index < -0.39 is 47.4 Å². The molecule has 2 N–H and O–H groups in total. The molecule has 1 atom stereocenters. The largest absolute Gasteiger partial charge is 0.331 e. The Hall–Kier alpha value is -3.36. The highest BCUT2D eigenvalue weighted by atomic mass is 19.1. The van der Waals surface area contributed by atoms with Crippen LogP contribution in [0.3, 0.4) is 0 Å². The minimum absolute atomic E-state index is 0.0577. The first-order valence-corrected chi connectivity index (χ1v) is 7.97. The van der Waals surface area contributed by atoms with Crippen LogP contribution in [-0.4, -0.2) is 29.3 Å². The molecule has 0 spiro atoms. The summed E-state index contributed by atoms with van der Waals surface area (Å²) in [6, 6.07) is 5.45. The van der Waals surface area contributed by atoms with Gasteiger partial charge in [-0.1, -0.05) is 12.1 Å². The summed E-state index contributed by atoms with van der Waals surface area (Å²) in [5.41, 5.74) is -1.53. The number of nitrogens with one attached hydrogen (secondary N) is 2. The highest BCUT2D eigenvalue weighted by Gasteiger charge is 2.51. The van der Waals surface area contributed by atoms with Gasteiger partial charge in [0, 0.05) is 23.7 Å². The Morgan fingerprint density at radius 1 is 1.00 bits per heavy atom. The molecule has 2 aliphatic rings. The quantitative estimate of drug-likeness (QED) is 0.803. The number of hydrogen-bond acceptors (Lipinski definition) is 3. The lowest BCUT2D eigenvalue weighted by Crippen LogP contribution is -2.53. The zero-order valence-electron chi connectivity index (χ0n) is 13.7. The molecule has 0 aromatic heterocycles. The van der Waals surface area contributed by atoms with E-state index in [-0.39, 0.29) is 17.7 Å². The number of rotatable bonds is 3. The first-order valence-electron chi connectivity index (χ1n) is 7.97. The molecule has 27 heavy (non-hydrogen) atoms. The molecule has 2 aromatic rings. The molecular weight excluding hydrogens is 363 g/mol. The number of carbonyl (C=O) groups excluding carboxylic acids is 3. The number of halogens is 3. The molecule has 4 amide bonds. The minimum atomic E-state index is -1.93. The summed E-state index contributed by atoms with van der Waals surface area (Å²) in [6.45, 7) is -0.343. The van der Waals surface area contributed by atoms with Gasteiger partial charge in [-0.05, 0) is 23.8 Å². The standard InChI is InChI=1S/C18H12F3N3O3/c19-10-2-1-9-7-24(15(25)12(9)5-10)8-18(16(26)22-17(27)23-18)13-4-3-11(20)6-14(13)21/h1-6H,7-8H2,(H2,22,23,26,27). The Morgan fingerprint density at radius 3 is 2.37 bits per heavy atom. The lowest BCUT2D eigenvalue weighted by Gasteiger charge is -2.31. The summed E-state index contributed by atoms with van der Waals surface area (Å²) < 4.78 is 41.1. The summed E-state index contributed by atoms with van der Waals surface area (Å²) in [7, 11) is 0. The number of imide groups is 1. The summed E-state index contributed by atoms with van der Waals surface area (Å²) in [4.78, 5) is 38.1. The van der Waals surface area contributed by atoms with Crippen molar-refractivity contribution < 1.29 is 27.6 Å². The predicted molar refractivity (Wildman–Crippen MR) is 85.9 cm³/mol. The second-order valence-electron chi connectivity index (χ2n) is 6.40. The first-order chi connectivity index (χ1) is 12.8. The van der Waals surface area contributed by atoms with Gasteiger partial charge in [0.15, 0.2) is 5.54 Å². The second kappa shape index (κ2) is 5.83. The number of amides is 4. The van der Waals surface area contributed by atoms with E-state index in [4.69, 9.17) is 0 Å². The second-order valence-corrected chi connectivity index (χ2v) is 6.40. The molecule has 2 heterocycles. The molecule has 0 saturated carbocycles. The topological polar surface area (TPSA) is 78.5 Å². The highest BCUT2D eigenvalue weighted by Crippen LogP contribution is 2.32. The van der Waals surface area contributed by atoms with Gasteiger partial charge in [0.2, 0.25) is 0 Å². The molecule has 2 aromatic carbocycles. The van der Waals surface area contributed by atoms with E-state index in [1.807, 2.05) is 5.32 Å². The molecule has 0 radical (unpaired) electrons. The van der Waals surface area contributed by atoms with Crippen molar-refractivity contribution in [3.8, 4) is 0 Å². The number of carbonyl (C=O) groups is 3. The maximum absolute atomic E-state index is 14.4. The molecule has 2 aliphatic heterocycles. The van der Waals surface area contributed by atoms with Gasteiger partial charge in [-0.25, -0.2) is 18.0 Å². The summed E-state index contributed by atoms with van der Waals surface area (Å²) in [6.07, 6.45) is 0. The Labute approximate surface area is 151 Å². The molecule has 4 rings (SSSR count). The van der Waals surface area contributed by atoms with Gasteiger partial charge in [-0.3, -0.25) is 14.9 Å². The lowest BCUT2D eigenvalue weighted by atomic mass is 9.88. The molecule has 1 fully saturated rings. The third kappa shape index (κ3) is 2.62. The van der Waals surface area contributed by atoms with Crippen molar-refractivity contribution >= 4 is 17.8 Å². The van der Waals surface area contributed by atoms with Crippen LogP contribution in [0.1, 0.15) is 21.5 Å². The molecule has 138 valence electrons. The van der Waals surface area contributed by atoms with Gasteiger partial charge < -0.3 is 10.2 Å². The van der Waals surface area contributed by atoms with Crippen molar-refractivity contribution in [2.45, 2.75) is 12.1 Å². The molecule has 0 aliphatic carbocycles. The van der Waals surface area contributed by atoms with Crippen LogP contribution in [0, 0.1) is 17.5 Å². The van der Waals surface area contributed by atoms with Crippen LogP contribution in [0.2, 0.25) is 0 Å². The highest BCUT2D eigenvalue weighted by molar-refractivity contribution is 6.08. The normalized spacial score (nSPS) is 21.3. The minimum Gasteiger partial charge on any atom is -0.331 e. The molecule has 1 unspecified atom stereocenters. The number of benzene rings is 2. The Kier molecular flexibility index (Phi) is 3.69. The van der Waals surface area contributed by atoms with E-state index in [1.165, 1.54) is 17.0 Å². The average molecular weight is 375 g/mol. The van der Waals surface area contributed by atoms with Crippen molar-refractivity contribution in [3.05, 3.63) is 70.5 Å². The zero-order chi connectivity index (χ0) is 19.3. The fraction of sp³-hybridized carbons (Fsp3) is 0.167. The van der Waals surface area contributed by atoms with E-state index in [0.717, 1.165) is 18.2 Å². The van der Waals surface area contributed by atoms with Crippen LogP contribution in [-0.2, 0) is 16.9 Å². The SMILES string of the molecule is O=C1NC(=O)C(CN2Cc3ccc(F)cc3C2=O)(c2ccc(F)cc2F)N1. The average Bonchev–Trinajstić information content (AvgIpc) is 3.05. The van der Waals surface area contributed by atoms with Gasteiger partial charge in [0.25, 0.3) is 11.8 Å². The number of urea groups is 1. The van der Waals surface area contributed by atoms with E-state index in [0.29, 0.717) is 11.6 Å². The van der Waals surface area contributed by atoms with E-state index in [1.54, 1.807) is 0 Å². The van der Waals surface area contributed by atoms with E-state index in [2.05, 4.69) is 5.32 Å². The van der Waals surface area contributed by atoms with Crippen LogP contribution < -0.4 is 10.6 Å². The number of fused-ring (bicyclic) bond motifs is 1. The van der Waals surface area contributed by atoms with Gasteiger partial charge in [0.1, 0.15) is 17.5 Å². The van der Waals surface area contributed by atoms with Crippen molar-refractivity contribution in [3.63, 3.8) is 0 Å². The van der Waals surface area contributed by atoms with Gasteiger partial charge in [0.05, 0.1) is 6.54 Å². The van der Waals surface area contributed by atoms with Crippen LogP contribution >= 0.6 is 0 Å². The lowest BCUT2D eigenvalue weighted by molar-refractivity contribution is -0.124. The maximum Gasteiger partial charge on any atom is 0.322 e. The first kappa shape index (κ1) is 17.1. The fourth-order valence-corrected chi connectivity index (χ4v) is 3.46. The van der Waals surface area contributed by atoms with Crippen LogP contribution in [0.5, 0.6) is 0 Å². The van der Waals surface area contributed by atoms with Crippen molar-refractivity contribution in [2.24, 2.45) is 0 Å². The van der Waals surface area contributed by atoms with Crippen LogP contribution in [0.4, 0.5) is 18.0 Å². The Balaban J connectivity index is 1.75. The van der Waals surface area contributed by atoms with Crippen molar-refractivity contribution in [2.75, 3.05) is 6.54 Å². The Bertz CT molecular complexity index is 1010. The third-order valence-electron chi connectivity index (χ3n) is 4.71. The van der Waals surface area contributed by atoms with E-state index >= 15 is 0 Å².